The second-order valence-electron chi connectivity index (χ2n) is 5.08. The van der Waals surface area contributed by atoms with Crippen LogP contribution >= 0.6 is 0 Å². The zero-order valence-corrected chi connectivity index (χ0v) is 13.5. The maximum atomic E-state index is 12.8. The fourth-order valence-corrected chi connectivity index (χ4v) is 1.96. The summed E-state index contributed by atoms with van der Waals surface area (Å²) >= 11 is 0. The van der Waals surface area contributed by atoms with E-state index in [1.165, 1.54) is 30.5 Å². The maximum absolute atomic E-state index is 12.8. The Labute approximate surface area is 148 Å². The van der Waals surface area contributed by atoms with Crippen LogP contribution in [0.15, 0.2) is 78.1 Å². The summed E-state index contributed by atoms with van der Waals surface area (Å²) in [6, 6.07) is 17.6. The number of oxime groups is 1. The lowest BCUT2D eigenvalue weighted by Gasteiger charge is -2.06. The second kappa shape index (κ2) is 8.39. The lowest BCUT2D eigenvalue weighted by Crippen LogP contribution is -2.10. The molecule has 0 radical (unpaired) electrons. The van der Waals surface area contributed by atoms with Crippen molar-refractivity contribution in [3.8, 4) is 11.6 Å². The second-order valence-corrected chi connectivity index (χ2v) is 5.08. The first kappa shape index (κ1) is 17.1. The molecule has 1 amide bonds. The number of ether oxygens (including phenoxy) is 1. The Kier molecular flexibility index (Phi) is 5.51. The van der Waals surface area contributed by atoms with Crippen LogP contribution in [0.4, 0.5) is 14.9 Å². The van der Waals surface area contributed by atoms with E-state index in [4.69, 9.17) is 9.57 Å². The molecule has 0 aliphatic carbocycles. The quantitative estimate of drug-likeness (QED) is 0.414. The molecule has 0 saturated carbocycles. The number of pyridine rings is 1. The molecule has 0 unspecified atom stereocenters. The average molecular weight is 351 g/mol. The van der Waals surface area contributed by atoms with Crippen molar-refractivity contribution >= 4 is 18.0 Å². The highest BCUT2D eigenvalue weighted by molar-refractivity contribution is 5.85. The Hall–Kier alpha value is -3.74. The minimum Gasteiger partial charge on any atom is -0.439 e. The van der Waals surface area contributed by atoms with E-state index in [0.717, 1.165) is 0 Å². The van der Waals surface area contributed by atoms with Crippen LogP contribution in [-0.4, -0.2) is 17.3 Å². The van der Waals surface area contributed by atoms with Gasteiger partial charge in [0, 0.05) is 18.0 Å². The summed E-state index contributed by atoms with van der Waals surface area (Å²) in [4.78, 5) is 20.4. The summed E-state index contributed by atoms with van der Waals surface area (Å²) in [6.45, 7) is 0. The van der Waals surface area contributed by atoms with Gasteiger partial charge in [-0.1, -0.05) is 23.4 Å². The third kappa shape index (κ3) is 5.13. The van der Waals surface area contributed by atoms with Crippen LogP contribution in [0.5, 0.6) is 11.6 Å². The molecule has 0 spiro atoms. The average Bonchev–Trinajstić information content (AvgIpc) is 2.66. The van der Waals surface area contributed by atoms with Gasteiger partial charge in [-0.3, -0.25) is 10.2 Å². The molecule has 2 aromatic carbocycles. The molecule has 1 N–H and O–H groups in total. The van der Waals surface area contributed by atoms with Crippen molar-refractivity contribution in [3.05, 3.63) is 84.3 Å². The standard InChI is InChI=1S/C19H14FN3O3/c20-15-6-4-14(5-7-15)13-22-26-19(24)23-16-8-10-17(11-9-16)25-18-3-1-2-12-21-18/h1-13H,(H,23,24)/b22-13+. The van der Waals surface area contributed by atoms with Crippen LogP contribution in [0.1, 0.15) is 5.56 Å². The summed E-state index contributed by atoms with van der Waals surface area (Å²) in [5.41, 5.74) is 1.12. The van der Waals surface area contributed by atoms with E-state index in [9.17, 15) is 9.18 Å². The molecule has 0 saturated heterocycles. The highest BCUT2D eigenvalue weighted by Crippen LogP contribution is 2.21. The molecule has 26 heavy (non-hydrogen) atoms. The lowest BCUT2D eigenvalue weighted by atomic mass is 10.2. The normalized spacial score (nSPS) is 10.5. The molecule has 3 aromatic rings. The molecular weight excluding hydrogens is 337 g/mol. The van der Waals surface area contributed by atoms with Gasteiger partial charge in [0.25, 0.3) is 0 Å². The van der Waals surface area contributed by atoms with Crippen LogP contribution in [-0.2, 0) is 4.84 Å². The SMILES string of the molecule is O=C(Nc1ccc(Oc2ccccn2)cc1)O/N=C/c1ccc(F)cc1. The van der Waals surface area contributed by atoms with Crippen LogP contribution < -0.4 is 10.1 Å². The van der Waals surface area contributed by atoms with E-state index in [1.54, 1.807) is 42.6 Å². The van der Waals surface area contributed by atoms with Gasteiger partial charge in [0.15, 0.2) is 0 Å². The largest absolute Gasteiger partial charge is 0.439 e. The number of carbonyl (C=O) groups is 1. The Morgan fingerprint density at radius 3 is 2.50 bits per heavy atom. The number of halogens is 1. The first-order valence-corrected chi connectivity index (χ1v) is 7.65. The van der Waals surface area contributed by atoms with Gasteiger partial charge in [0.05, 0.1) is 6.21 Å². The molecule has 1 heterocycles. The molecule has 1 aromatic heterocycles. The fourth-order valence-electron chi connectivity index (χ4n) is 1.96. The minimum atomic E-state index is -0.748. The Morgan fingerprint density at radius 1 is 1.04 bits per heavy atom. The van der Waals surface area contributed by atoms with Gasteiger partial charge in [-0.25, -0.2) is 14.2 Å². The Bertz CT molecular complexity index is 882. The monoisotopic (exact) mass is 351 g/mol. The first-order chi connectivity index (χ1) is 12.7. The predicted octanol–water partition coefficient (Wildman–Crippen LogP) is 4.60. The van der Waals surface area contributed by atoms with Crippen molar-refractivity contribution in [1.82, 2.24) is 4.98 Å². The van der Waals surface area contributed by atoms with E-state index in [0.29, 0.717) is 22.9 Å². The summed E-state index contributed by atoms with van der Waals surface area (Å²) in [5, 5.41) is 6.07. The first-order valence-electron chi connectivity index (χ1n) is 7.65. The van der Waals surface area contributed by atoms with Crippen molar-refractivity contribution in [3.63, 3.8) is 0 Å². The van der Waals surface area contributed by atoms with Gasteiger partial charge < -0.3 is 4.74 Å². The number of hydrogen-bond acceptors (Lipinski definition) is 5. The Balaban J connectivity index is 1.50. The van der Waals surface area contributed by atoms with Crippen molar-refractivity contribution in [1.29, 1.82) is 0 Å². The van der Waals surface area contributed by atoms with Crippen molar-refractivity contribution in [2.75, 3.05) is 5.32 Å². The molecule has 6 nitrogen and oxygen atoms in total. The number of anilines is 1. The third-order valence-electron chi connectivity index (χ3n) is 3.17. The molecule has 0 aliphatic heterocycles. The van der Waals surface area contributed by atoms with Crippen LogP contribution in [0.3, 0.4) is 0 Å². The number of benzene rings is 2. The zero-order chi connectivity index (χ0) is 18.2. The molecule has 0 aliphatic rings. The molecule has 0 atom stereocenters. The van der Waals surface area contributed by atoms with E-state index in [-0.39, 0.29) is 5.82 Å². The van der Waals surface area contributed by atoms with E-state index >= 15 is 0 Å². The molecular formula is C19H14FN3O3. The summed E-state index contributed by atoms with van der Waals surface area (Å²) < 4.78 is 18.3. The lowest BCUT2D eigenvalue weighted by molar-refractivity contribution is 0.167. The summed E-state index contributed by atoms with van der Waals surface area (Å²) in [6.07, 6.45) is 2.19. The third-order valence-corrected chi connectivity index (χ3v) is 3.17. The molecule has 0 fully saturated rings. The summed E-state index contributed by atoms with van der Waals surface area (Å²) in [7, 11) is 0. The molecule has 3 rings (SSSR count). The number of nitrogens with one attached hydrogen (secondary N) is 1. The number of amides is 1. The highest BCUT2D eigenvalue weighted by Gasteiger charge is 2.04. The van der Waals surface area contributed by atoms with Gasteiger partial charge in [-0.05, 0) is 48.0 Å². The zero-order valence-electron chi connectivity index (χ0n) is 13.5. The van der Waals surface area contributed by atoms with E-state index in [1.807, 2.05) is 6.07 Å². The van der Waals surface area contributed by atoms with Crippen LogP contribution in [0, 0.1) is 5.82 Å². The van der Waals surface area contributed by atoms with Crippen molar-refractivity contribution in [2.45, 2.75) is 0 Å². The number of rotatable bonds is 5. The van der Waals surface area contributed by atoms with E-state index in [2.05, 4.69) is 15.5 Å². The topological polar surface area (TPSA) is 72.8 Å². The molecule has 7 heteroatoms. The molecule has 130 valence electrons. The minimum absolute atomic E-state index is 0.351. The smallest absolute Gasteiger partial charge is 0.437 e. The number of nitrogens with zero attached hydrogens (tertiary/aromatic N) is 2. The van der Waals surface area contributed by atoms with Crippen molar-refractivity contribution < 1.29 is 18.8 Å². The number of hydrogen-bond donors (Lipinski definition) is 1. The van der Waals surface area contributed by atoms with Gasteiger partial charge in [0.1, 0.15) is 11.6 Å². The summed E-state index contributed by atoms with van der Waals surface area (Å²) in [5.74, 6) is 0.705. The fraction of sp³-hybridized carbons (Fsp3) is 0. The highest BCUT2D eigenvalue weighted by atomic mass is 19.1. The van der Waals surface area contributed by atoms with Gasteiger partial charge in [-0.2, -0.15) is 0 Å². The van der Waals surface area contributed by atoms with Gasteiger partial charge in [-0.15, -0.1) is 0 Å². The van der Waals surface area contributed by atoms with Crippen LogP contribution in [0.25, 0.3) is 0 Å². The Morgan fingerprint density at radius 2 is 1.81 bits per heavy atom. The molecule has 0 bridgehead atoms. The number of carbonyl (C=O) groups excluding carboxylic acids is 1. The van der Waals surface area contributed by atoms with Gasteiger partial charge >= 0.3 is 6.09 Å². The van der Waals surface area contributed by atoms with Crippen LogP contribution in [0.2, 0.25) is 0 Å². The van der Waals surface area contributed by atoms with Gasteiger partial charge in [0.2, 0.25) is 5.88 Å². The number of aromatic nitrogens is 1. The maximum Gasteiger partial charge on any atom is 0.437 e. The predicted molar refractivity (Wildman–Crippen MR) is 94.9 cm³/mol. The van der Waals surface area contributed by atoms with Crippen molar-refractivity contribution in [2.24, 2.45) is 5.16 Å². The van der Waals surface area contributed by atoms with E-state index < -0.39 is 6.09 Å².